The summed E-state index contributed by atoms with van der Waals surface area (Å²) in [6.07, 6.45) is 4.58. The van der Waals surface area contributed by atoms with Gasteiger partial charge in [-0.2, -0.15) is 0 Å². The van der Waals surface area contributed by atoms with E-state index < -0.39 is 7.82 Å². The molecule has 0 aliphatic heterocycles. The van der Waals surface area contributed by atoms with Crippen LogP contribution in [0.1, 0.15) is 32.1 Å². The van der Waals surface area contributed by atoms with Crippen LogP contribution >= 0.6 is 7.82 Å². The molecule has 1 saturated carbocycles. The van der Waals surface area contributed by atoms with Gasteiger partial charge in [0.25, 0.3) is 0 Å². The Bertz CT molecular complexity index is 387. The molecule has 1 aliphatic rings. The molecule has 4 nitrogen and oxygen atoms in total. The zero-order valence-corrected chi connectivity index (χ0v) is 10.5. The summed E-state index contributed by atoms with van der Waals surface area (Å²) in [4.78, 5) is 11.7. The fourth-order valence-corrected chi connectivity index (χ4v) is 2.98. The Kier molecular flexibility index (Phi) is 4.21. The van der Waals surface area contributed by atoms with Crippen molar-refractivity contribution < 1.29 is 18.5 Å². The summed E-state index contributed by atoms with van der Waals surface area (Å²) in [6, 6.07) is 8.42. The molecule has 0 radical (unpaired) electrons. The van der Waals surface area contributed by atoms with Gasteiger partial charge in [-0.05, 0) is 25.0 Å². The summed E-state index contributed by atoms with van der Waals surface area (Å²) in [5.41, 5.74) is 0. The van der Waals surface area contributed by atoms with Gasteiger partial charge in [0.15, 0.2) is 0 Å². The average molecular weight is 255 g/mol. The molecule has 1 atom stereocenters. The molecule has 0 aromatic heterocycles. The monoisotopic (exact) mass is 255 g/mol. The minimum Gasteiger partial charge on any atom is -0.746 e. The van der Waals surface area contributed by atoms with Gasteiger partial charge in [-0.3, -0.25) is 4.57 Å². The molecule has 2 rings (SSSR count). The third-order valence-corrected chi connectivity index (χ3v) is 3.78. The first-order valence-electron chi connectivity index (χ1n) is 5.90. The maximum absolute atomic E-state index is 11.7. The standard InChI is InChI=1S/C12H17O4P/c13-17(14,15-11-7-3-1-4-8-11)16-12-9-5-2-6-10-12/h1,3-4,7-8,12H,2,5-6,9-10H2,(H,13,14)/p-1. The van der Waals surface area contributed by atoms with Gasteiger partial charge in [-0.15, -0.1) is 0 Å². The van der Waals surface area contributed by atoms with Crippen LogP contribution in [0.25, 0.3) is 0 Å². The first kappa shape index (κ1) is 12.6. The van der Waals surface area contributed by atoms with Crippen LogP contribution in [0.3, 0.4) is 0 Å². The zero-order chi connectivity index (χ0) is 12.1. The van der Waals surface area contributed by atoms with Gasteiger partial charge < -0.3 is 13.9 Å². The molecule has 1 fully saturated rings. The second-order valence-corrected chi connectivity index (χ2v) is 5.50. The minimum absolute atomic E-state index is 0.212. The highest BCUT2D eigenvalue weighted by molar-refractivity contribution is 7.46. The van der Waals surface area contributed by atoms with Crippen LogP contribution < -0.4 is 9.42 Å². The molecule has 1 aromatic rings. The molecule has 0 N–H and O–H groups in total. The average Bonchev–Trinajstić information content (AvgIpc) is 2.30. The Hall–Kier alpha value is -0.830. The number of benzene rings is 1. The lowest BCUT2D eigenvalue weighted by Crippen LogP contribution is -2.21. The third kappa shape index (κ3) is 4.15. The topological polar surface area (TPSA) is 58.6 Å². The van der Waals surface area contributed by atoms with Crippen LogP contribution in [0.4, 0.5) is 0 Å². The number of phosphoric ester groups is 1. The van der Waals surface area contributed by atoms with Gasteiger partial charge >= 0.3 is 7.82 Å². The van der Waals surface area contributed by atoms with Crippen molar-refractivity contribution in [2.75, 3.05) is 0 Å². The highest BCUT2D eigenvalue weighted by Crippen LogP contribution is 2.43. The molecule has 0 amide bonds. The summed E-state index contributed by atoms with van der Waals surface area (Å²) in [7, 11) is -4.23. The molecule has 1 unspecified atom stereocenters. The SMILES string of the molecule is O=P([O-])(Oc1ccccc1)OC1CCCCC1. The van der Waals surface area contributed by atoms with E-state index in [1.54, 1.807) is 30.3 Å². The van der Waals surface area contributed by atoms with Gasteiger partial charge in [0, 0.05) is 0 Å². The molecular formula is C12H16O4P-. The van der Waals surface area contributed by atoms with Gasteiger partial charge in [0.2, 0.25) is 0 Å². The number of phosphoric acid groups is 1. The van der Waals surface area contributed by atoms with Crippen molar-refractivity contribution in [3.05, 3.63) is 30.3 Å². The number of para-hydroxylation sites is 1. The molecule has 0 heterocycles. The largest absolute Gasteiger partial charge is 0.746 e. The molecular weight excluding hydrogens is 239 g/mol. The number of hydrogen-bond acceptors (Lipinski definition) is 4. The smallest absolute Gasteiger partial charge is 0.320 e. The van der Waals surface area contributed by atoms with E-state index >= 15 is 0 Å². The Morgan fingerprint density at radius 3 is 2.41 bits per heavy atom. The van der Waals surface area contributed by atoms with E-state index in [0.717, 1.165) is 32.1 Å². The Labute approximate surface area is 101 Å². The van der Waals surface area contributed by atoms with Gasteiger partial charge in [0.05, 0.1) is 6.10 Å². The fourth-order valence-electron chi connectivity index (χ4n) is 1.99. The summed E-state index contributed by atoms with van der Waals surface area (Å²) in [6.45, 7) is 0. The van der Waals surface area contributed by atoms with E-state index in [0.29, 0.717) is 5.75 Å². The molecule has 1 aliphatic carbocycles. The van der Waals surface area contributed by atoms with Crippen LogP contribution in [0, 0.1) is 0 Å². The molecule has 0 bridgehead atoms. The number of hydrogen-bond donors (Lipinski definition) is 0. The maximum Gasteiger partial charge on any atom is 0.320 e. The van der Waals surface area contributed by atoms with E-state index in [9.17, 15) is 9.46 Å². The highest BCUT2D eigenvalue weighted by atomic mass is 31.2. The first-order valence-corrected chi connectivity index (χ1v) is 7.36. The first-order chi connectivity index (χ1) is 8.16. The minimum atomic E-state index is -4.23. The van der Waals surface area contributed by atoms with Crippen molar-refractivity contribution in [1.29, 1.82) is 0 Å². The fraction of sp³-hybridized carbons (Fsp3) is 0.500. The van der Waals surface area contributed by atoms with Gasteiger partial charge in [-0.1, -0.05) is 37.5 Å². The lowest BCUT2D eigenvalue weighted by atomic mass is 9.98. The van der Waals surface area contributed by atoms with Crippen LogP contribution in [-0.4, -0.2) is 6.10 Å². The highest BCUT2D eigenvalue weighted by Gasteiger charge is 2.21. The van der Waals surface area contributed by atoms with E-state index in [1.165, 1.54) is 0 Å². The molecule has 0 saturated heterocycles. The molecule has 94 valence electrons. The van der Waals surface area contributed by atoms with Crippen molar-refractivity contribution >= 4 is 7.82 Å². The summed E-state index contributed by atoms with van der Waals surface area (Å²) in [5, 5.41) is 0. The summed E-state index contributed by atoms with van der Waals surface area (Å²) < 4.78 is 21.6. The molecule has 1 aromatic carbocycles. The van der Waals surface area contributed by atoms with Crippen molar-refractivity contribution in [2.45, 2.75) is 38.2 Å². The third-order valence-electron chi connectivity index (χ3n) is 2.79. The lowest BCUT2D eigenvalue weighted by molar-refractivity contribution is -0.221. The van der Waals surface area contributed by atoms with E-state index in [2.05, 4.69) is 0 Å². The van der Waals surface area contributed by atoms with Crippen LogP contribution in [0.2, 0.25) is 0 Å². The normalized spacial score (nSPS) is 20.8. The second kappa shape index (κ2) is 5.67. The Balaban J connectivity index is 1.92. The Morgan fingerprint density at radius 2 is 1.76 bits per heavy atom. The maximum atomic E-state index is 11.7. The van der Waals surface area contributed by atoms with Crippen LogP contribution in [0.5, 0.6) is 5.75 Å². The molecule has 0 spiro atoms. The Morgan fingerprint density at radius 1 is 1.12 bits per heavy atom. The van der Waals surface area contributed by atoms with Crippen molar-refractivity contribution in [3.8, 4) is 5.75 Å². The summed E-state index contributed by atoms with van der Waals surface area (Å²) >= 11 is 0. The summed E-state index contributed by atoms with van der Waals surface area (Å²) in [5.74, 6) is 0.293. The van der Waals surface area contributed by atoms with E-state index in [4.69, 9.17) is 9.05 Å². The quantitative estimate of drug-likeness (QED) is 0.776. The van der Waals surface area contributed by atoms with Crippen molar-refractivity contribution in [3.63, 3.8) is 0 Å². The van der Waals surface area contributed by atoms with Gasteiger partial charge in [0.1, 0.15) is 5.75 Å². The van der Waals surface area contributed by atoms with Crippen molar-refractivity contribution in [2.24, 2.45) is 0 Å². The van der Waals surface area contributed by atoms with Crippen LogP contribution in [-0.2, 0) is 9.09 Å². The zero-order valence-electron chi connectivity index (χ0n) is 9.58. The predicted molar refractivity (Wildman–Crippen MR) is 62.6 cm³/mol. The second-order valence-electron chi connectivity index (χ2n) is 4.22. The number of rotatable bonds is 4. The predicted octanol–water partition coefficient (Wildman–Crippen LogP) is 2.88. The van der Waals surface area contributed by atoms with Crippen LogP contribution in [0.15, 0.2) is 30.3 Å². The van der Waals surface area contributed by atoms with E-state index in [-0.39, 0.29) is 6.10 Å². The van der Waals surface area contributed by atoms with Gasteiger partial charge in [-0.25, -0.2) is 0 Å². The van der Waals surface area contributed by atoms with Crippen molar-refractivity contribution in [1.82, 2.24) is 0 Å². The van der Waals surface area contributed by atoms with E-state index in [1.807, 2.05) is 0 Å². The molecule has 17 heavy (non-hydrogen) atoms. The lowest BCUT2D eigenvalue weighted by Gasteiger charge is -2.30. The molecule has 5 heteroatoms.